The van der Waals surface area contributed by atoms with Gasteiger partial charge in [0.2, 0.25) is 11.7 Å². The van der Waals surface area contributed by atoms with Crippen LogP contribution in [0.15, 0.2) is 10.6 Å². The number of aromatic hydroxyl groups is 1. The molecular formula is C12H15N3O3. The number of rotatable bonds is 3. The Morgan fingerprint density at radius 2 is 2.17 bits per heavy atom. The molecule has 0 radical (unpaired) electrons. The summed E-state index contributed by atoms with van der Waals surface area (Å²) in [6, 6.07) is 1.79. The normalized spacial score (nSPS) is 10.7. The van der Waals surface area contributed by atoms with Crippen molar-refractivity contribution in [1.29, 1.82) is 0 Å². The quantitative estimate of drug-likeness (QED) is 0.856. The second kappa shape index (κ2) is 4.66. The Morgan fingerprint density at radius 1 is 1.44 bits per heavy atom. The number of phenolic OH excluding ortho intramolecular Hbond substituents is 1. The molecule has 0 aliphatic heterocycles. The van der Waals surface area contributed by atoms with Gasteiger partial charge in [-0.15, -0.1) is 0 Å². The molecule has 0 spiro atoms. The highest BCUT2D eigenvalue weighted by Gasteiger charge is 2.17. The summed E-state index contributed by atoms with van der Waals surface area (Å²) in [6.07, 6.45) is 0. The molecule has 0 aliphatic carbocycles. The summed E-state index contributed by atoms with van der Waals surface area (Å²) in [5, 5.41) is 13.8. The molecule has 0 amide bonds. The van der Waals surface area contributed by atoms with Gasteiger partial charge in [0.05, 0.1) is 13.7 Å². The molecule has 1 aromatic carbocycles. The number of nitrogens with two attached hydrogens (primary N) is 1. The van der Waals surface area contributed by atoms with Crippen LogP contribution in [0.4, 0.5) is 0 Å². The van der Waals surface area contributed by atoms with Gasteiger partial charge in [-0.25, -0.2) is 0 Å². The zero-order valence-corrected chi connectivity index (χ0v) is 10.5. The molecule has 2 rings (SSSR count). The average molecular weight is 249 g/mol. The van der Waals surface area contributed by atoms with Crippen molar-refractivity contribution in [2.24, 2.45) is 5.73 Å². The van der Waals surface area contributed by atoms with Crippen molar-refractivity contribution in [2.45, 2.75) is 20.4 Å². The first-order valence-electron chi connectivity index (χ1n) is 5.48. The minimum Gasteiger partial charge on any atom is -0.504 e. The molecule has 0 saturated carbocycles. The van der Waals surface area contributed by atoms with Crippen LogP contribution in [0.5, 0.6) is 11.5 Å². The highest BCUT2D eigenvalue weighted by atomic mass is 16.5. The fraction of sp³-hybridized carbons (Fsp3) is 0.333. The van der Waals surface area contributed by atoms with Gasteiger partial charge in [0.15, 0.2) is 11.5 Å². The Balaban J connectivity index is 2.60. The van der Waals surface area contributed by atoms with Crippen LogP contribution < -0.4 is 10.5 Å². The maximum atomic E-state index is 9.89. The van der Waals surface area contributed by atoms with Crippen LogP contribution in [0.3, 0.4) is 0 Å². The predicted molar refractivity (Wildman–Crippen MR) is 65.3 cm³/mol. The molecule has 1 aromatic heterocycles. The Bertz CT molecular complexity index is 578. The molecular weight excluding hydrogens is 234 g/mol. The second-order valence-corrected chi connectivity index (χ2v) is 3.96. The molecule has 0 fully saturated rings. The van der Waals surface area contributed by atoms with Gasteiger partial charge in [0.1, 0.15) is 0 Å². The van der Waals surface area contributed by atoms with E-state index in [1.54, 1.807) is 13.0 Å². The number of phenols is 1. The first-order valence-corrected chi connectivity index (χ1v) is 5.48. The van der Waals surface area contributed by atoms with Crippen molar-refractivity contribution in [2.75, 3.05) is 7.11 Å². The van der Waals surface area contributed by atoms with Crippen molar-refractivity contribution in [3.05, 3.63) is 23.1 Å². The summed E-state index contributed by atoms with van der Waals surface area (Å²) in [5.41, 5.74) is 7.62. The van der Waals surface area contributed by atoms with E-state index in [0.717, 1.165) is 11.1 Å². The summed E-state index contributed by atoms with van der Waals surface area (Å²) in [7, 11) is 1.51. The fourth-order valence-electron chi connectivity index (χ4n) is 1.80. The van der Waals surface area contributed by atoms with Crippen LogP contribution in [0.2, 0.25) is 0 Å². The number of methoxy groups -OCH3 is 1. The molecule has 6 nitrogen and oxygen atoms in total. The second-order valence-electron chi connectivity index (χ2n) is 3.96. The van der Waals surface area contributed by atoms with Gasteiger partial charge in [-0.05, 0) is 25.5 Å². The zero-order chi connectivity index (χ0) is 13.3. The van der Waals surface area contributed by atoms with Gasteiger partial charge >= 0.3 is 0 Å². The molecule has 0 unspecified atom stereocenters. The average Bonchev–Trinajstić information content (AvgIpc) is 2.83. The maximum absolute atomic E-state index is 9.89. The van der Waals surface area contributed by atoms with Crippen LogP contribution in [0.1, 0.15) is 17.0 Å². The smallest absolute Gasteiger partial charge is 0.240 e. The number of aryl methyl sites for hydroxylation is 1. The summed E-state index contributed by atoms with van der Waals surface area (Å²) >= 11 is 0. The SMILES string of the molecule is COc1c(C)c(-c2noc(CN)n2)cc(C)c1O. The minimum absolute atomic E-state index is 0.126. The number of ether oxygens (including phenoxy) is 1. The third-order valence-electron chi connectivity index (χ3n) is 2.78. The summed E-state index contributed by atoms with van der Waals surface area (Å²) in [6.45, 7) is 3.80. The van der Waals surface area contributed by atoms with E-state index in [1.165, 1.54) is 7.11 Å². The minimum atomic E-state index is 0.126. The molecule has 96 valence electrons. The first-order chi connectivity index (χ1) is 8.58. The Labute approximate surface area is 104 Å². The van der Waals surface area contributed by atoms with E-state index in [2.05, 4.69) is 10.1 Å². The van der Waals surface area contributed by atoms with E-state index in [0.29, 0.717) is 23.0 Å². The van der Waals surface area contributed by atoms with Crippen molar-refractivity contribution in [1.82, 2.24) is 10.1 Å². The summed E-state index contributed by atoms with van der Waals surface area (Å²) in [5.74, 6) is 1.36. The van der Waals surface area contributed by atoms with E-state index in [1.807, 2.05) is 6.92 Å². The van der Waals surface area contributed by atoms with Crippen molar-refractivity contribution >= 4 is 0 Å². The molecule has 0 aliphatic rings. The summed E-state index contributed by atoms with van der Waals surface area (Å²) in [4.78, 5) is 4.17. The topological polar surface area (TPSA) is 94.4 Å². The Hall–Kier alpha value is -2.08. The molecule has 2 aromatic rings. The molecule has 0 bridgehead atoms. The molecule has 1 heterocycles. The highest BCUT2D eigenvalue weighted by molar-refractivity contribution is 5.69. The molecule has 0 atom stereocenters. The number of hydrogen-bond donors (Lipinski definition) is 2. The largest absolute Gasteiger partial charge is 0.504 e. The van der Waals surface area contributed by atoms with Crippen LogP contribution in [0, 0.1) is 13.8 Å². The fourth-order valence-corrected chi connectivity index (χ4v) is 1.80. The molecule has 18 heavy (non-hydrogen) atoms. The number of benzene rings is 1. The highest BCUT2D eigenvalue weighted by Crippen LogP contribution is 2.38. The van der Waals surface area contributed by atoms with Gasteiger partial charge in [-0.2, -0.15) is 4.98 Å². The Kier molecular flexibility index (Phi) is 3.20. The van der Waals surface area contributed by atoms with Crippen LogP contribution in [0.25, 0.3) is 11.4 Å². The van der Waals surface area contributed by atoms with Crippen LogP contribution >= 0.6 is 0 Å². The van der Waals surface area contributed by atoms with Gasteiger partial charge in [0, 0.05) is 11.1 Å². The first kappa shape index (κ1) is 12.4. The van der Waals surface area contributed by atoms with Gasteiger partial charge < -0.3 is 20.1 Å². The van der Waals surface area contributed by atoms with E-state index in [-0.39, 0.29) is 12.3 Å². The number of aromatic nitrogens is 2. The van der Waals surface area contributed by atoms with Crippen molar-refractivity contribution in [3.8, 4) is 22.9 Å². The summed E-state index contributed by atoms with van der Waals surface area (Å²) < 4.78 is 10.2. The third kappa shape index (κ3) is 1.91. The Morgan fingerprint density at radius 3 is 2.72 bits per heavy atom. The lowest BCUT2D eigenvalue weighted by Gasteiger charge is -2.12. The van der Waals surface area contributed by atoms with E-state index >= 15 is 0 Å². The van der Waals surface area contributed by atoms with Crippen LogP contribution in [-0.2, 0) is 6.54 Å². The molecule has 3 N–H and O–H groups in total. The van der Waals surface area contributed by atoms with Crippen molar-refractivity contribution < 1.29 is 14.4 Å². The predicted octanol–water partition coefficient (Wildman–Crippen LogP) is 1.53. The lowest BCUT2D eigenvalue weighted by Crippen LogP contribution is -1.97. The molecule has 6 heteroatoms. The monoisotopic (exact) mass is 249 g/mol. The van der Waals surface area contributed by atoms with Crippen LogP contribution in [-0.4, -0.2) is 22.4 Å². The van der Waals surface area contributed by atoms with Gasteiger partial charge in [-0.1, -0.05) is 5.16 Å². The van der Waals surface area contributed by atoms with E-state index in [9.17, 15) is 5.11 Å². The lowest BCUT2D eigenvalue weighted by molar-refractivity contribution is 0.369. The van der Waals surface area contributed by atoms with E-state index in [4.69, 9.17) is 15.0 Å². The standard InChI is InChI=1S/C12H15N3O3/c1-6-4-8(7(2)11(17-3)10(6)16)12-14-9(5-13)18-15-12/h4,16H,5,13H2,1-3H3. The molecule has 0 saturated heterocycles. The lowest BCUT2D eigenvalue weighted by atomic mass is 10.0. The zero-order valence-electron chi connectivity index (χ0n) is 10.5. The van der Waals surface area contributed by atoms with Gasteiger partial charge in [-0.3, -0.25) is 0 Å². The van der Waals surface area contributed by atoms with Crippen molar-refractivity contribution in [3.63, 3.8) is 0 Å². The van der Waals surface area contributed by atoms with Gasteiger partial charge in [0.25, 0.3) is 0 Å². The maximum Gasteiger partial charge on any atom is 0.240 e. The third-order valence-corrected chi connectivity index (χ3v) is 2.78. The number of nitrogens with zero attached hydrogens (tertiary/aromatic N) is 2. The van der Waals surface area contributed by atoms with E-state index < -0.39 is 0 Å². The number of hydrogen-bond acceptors (Lipinski definition) is 6.